The van der Waals surface area contributed by atoms with Crippen LogP contribution in [0.3, 0.4) is 0 Å². The largest absolute Gasteiger partial charge is 0.378 e. The van der Waals surface area contributed by atoms with Gasteiger partial charge in [-0.2, -0.15) is 5.26 Å². The third kappa shape index (κ3) is 3.22. The Hall–Kier alpha value is -1.57. The number of nitrogens with zero attached hydrogens (tertiary/aromatic N) is 2. The highest BCUT2D eigenvalue weighted by Crippen LogP contribution is 2.23. The summed E-state index contributed by atoms with van der Waals surface area (Å²) in [4.78, 5) is 4.03. The maximum atomic E-state index is 8.71. The van der Waals surface area contributed by atoms with Crippen molar-refractivity contribution in [2.45, 2.75) is 6.54 Å². The molecule has 0 atom stereocenters. The first-order valence-corrected chi connectivity index (χ1v) is 6.40. The fourth-order valence-corrected chi connectivity index (χ4v) is 1.94. The summed E-state index contributed by atoms with van der Waals surface area (Å²) in [5.74, 6) is 0. The lowest BCUT2D eigenvalue weighted by Crippen LogP contribution is -2.00. The molecule has 1 N–H and O–H groups in total. The average molecular weight is 323 g/mol. The van der Waals surface area contributed by atoms with E-state index in [1.54, 1.807) is 18.3 Å². The van der Waals surface area contributed by atoms with Crippen molar-refractivity contribution in [1.82, 2.24) is 4.98 Å². The predicted octanol–water partition coefficient (Wildman–Crippen LogP) is 3.98. The zero-order chi connectivity index (χ0) is 13.0. The number of rotatable bonds is 3. The lowest BCUT2D eigenvalue weighted by molar-refractivity contribution is 1.13. The molecule has 0 fully saturated rings. The number of halogens is 2. The number of pyridine rings is 1. The van der Waals surface area contributed by atoms with Gasteiger partial charge in [-0.15, -0.1) is 0 Å². The van der Waals surface area contributed by atoms with Crippen LogP contribution in [0.5, 0.6) is 0 Å². The Bertz CT molecular complexity index is 590. The maximum absolute atomic E-state index is 8.71. The molecule has 0 unspecified atom stereocenters. The highest BCUT2D eigenvalue weighted by Gasteiger charge is 2.02. The standard InChI is InChI=1S/C13H9BrClN3/c14-11-5-12(13(15)18-8-11)17-7-10-3-1-9(6-16)2-4-10/h1-5,8,17H,7H2. The molecule has 0 aliphatic rings. The van der Waals surface area contributed by atoms with E-state index in [0.29, 0.717) is 17.3 Å². The molecule has 5 heteroatoms. The molecule has 0 aliphatic heterocycles. The Labute approximate surface area is 119 Å². The van der Waals surface area contributed by atoms with Crippen LogP contribution in [0.25, 0.3) is 0 Å². The van der Waals surface area contributed by atoms with Crippen molar-refractivity contribution >= 4 is 33.2 Å². The minimum absolute atomic E-state index is 0.437. The van der Waals surface area contributed by atoms with E-state index in [9.17, 15) is 0 Å². The van der Waals surface area contributed by atoms with E-state index in [-0.39, 0.29) is 0 Å². The van der Waals surface area contributed by atoms with Gasteiger partial charge in [0, 0.05) is 17.2 Å². The number of aromatic nitrogens is 1. The number of anilines is 1. The van der Waals surface area contributed by atoms with Crippen LogP contribution in [-0.2, 0) is 6.54 Å². The molecule has 0 spiro atoms. The average Bonchev–Trinajstić information content (AvgIpc) is 2.40. The van der Waals surface area contributed by atoms with Crippen molar-refractivity contribution < 1.29 is 0 Å². The second kappa shape index (κ2) is 5.85. The first-order chi connectivity index (χ1) is 8.69. The van der Waals surface area contributed by atoms with Gasteiger partial charge in [-0.3, -0.25) is 0 Å². The van der Waals surface area contributed by atoms with Gasteiger partial charge in [0.15, 0.2) is 5.15 Å². The summed E-state index contributed by atoms with van der Waals surface area (Å²) in [6.45, 7) is 0.629. The Morgan fingerprint density at radius 3 is 2.72 bits per heavy atom. The number of nitrogens with one attached hydrogen (secondary N) is 1. The first-order valence-electron chi connectivity index (χ1n) is 5.23. The minimum atomic E-state index is 0.437. The Morgan fingerprint density at radius 1 is 1.33 bits per heavy atom. The van der Waals surface area contributed by atoms with Crippen molar-refractivity contribution in [2.24, 2.45) is 0 Å². The van der Waals surface area contributed by atoms with Crippen LogP contribution < -0.4 is 5.32 Å². The number of benzene rings is 1. The van der Waals surface area contributed by atoms with Crippen LogP contribution in [0.4, 0.5) is 5.69 Å². The van der Waals surface area contributed by atoms with Crippen LogP contribution in [0.15, 0.2) is 41.0 Å². The van der Waals surface area contributed by atoms with Gasteiger partial charge in [0.25, 0.3) is 0 Å². The predicted molar refractivity (Wildman–Crippen MR) is 75.4 cm³/mol. The zero-order valence-corrected chi connectivity index (χ0v) is 11.7. The minimum Gasteiger partial charge on any atom is -0.378 e. The fourth-order valence-electron chi connectivity index (χ4n) is 1.44. The smallest absolute Gasteiger partial charge is 0.152 e. The number of hydrogen-bond acceptors (Lipinski definition) is 3. The molecule has 1 aromatic carbocycles. The van der Waals surface area contributed by atoms with E-state index in [2.05, 4.69) is 32.3 Å². The molecule has 0 bridgehead atoms. The van der Waals surface area contributed by atoms with Crippen LogP contribution in [-0.4, -0.2) is 4.98 Å². The first kappa shape index (κ1) is 12.9. The summed E-state index contributed by atoms with van der Waals surface area (Å²) in [6, 6.07) is 11.4. The Kier molecular flexibility index (Phi) is 4.19. The van der Waals surface area contributed by atoms with E-state index in [1.807, 2.05) is 18.2 Å². The zero-order valence-electron chi connectivity index (χ0n) is 9.32. The molecule has 0 saturated carbocycles. The third-order valence-electron chi connectivity index (χ3n) is 2.37. The molecular formula is C13H9BrClN3. The van der Waals surface area contributed by atoms with Crippen LogP contribution in [0.1, 0.15) is 11.1 Å². The molecule has 18 heavy (non-hydrogen) atoms. The summed E-state index contributed by atoms with van der Waals surface area (Å²) >= 11 is 9.32. The van der Waals surface area contributed by atoms with Crippen LogP contribution in [0.2, 0.25) is 5.15 Å². The monoisotopic (exact) mass is 321 g/mol. The van der Waals surface area contributed by atoms with Gasteiger partial charge in [0.05, 0.1) is 17.3 Å². The van der Waals surface area contributed by atoms with Crippen LogP contribution in [0, 0.1) is 11.3 Å². The summed E-state index contributed by atoms with van der Waals surface area (Å²) in [6.07, 6.45) is 1.65. The molecular weight excluding hydrogens is 314 g/mol. The van der Waals surface area contributed by atoms with E-state index in [1.165, 1.54) is 0 Å². The van der Waals surface area contributed by atoms with Gasteiger partial charge in [-0.05, 0) is 39.7 Å². The Balaban J connectivity index is 2.07. The molecule has 2 rings (SSSR count). The van der Waals surface area contributed by atoms with Gasteiger partial charge >= 0.3 is 0 Å². The fraction of sp³-hybridized carbons (Fsp3) is 0.0769. The molecule has 3 nitrogen and oxygen atoms in total. The van der Waals surface area contributed by atoms with Gasteiger partial charge in [0.2, 0.25) is 0 Å². The van der Waals surface area contributed by atoms with E-state index >= 15 is 0 Å². The summed E-state index contributed by atoms with van der Waals surface area (Å²) < 4.78 is 0.870. The molecule has 1 aromatic heterocycles. The van der Waals surface area contributed by atoms with E-state index < -0.39 is 0 Å². The van der Waals surface area contributed by atoms with Crippen molar-refractivity contribution in [3.63, 3.8) is 0 Å². The highest BCUT2D eigenvalue weighted by molar-refractivity contribution is 9.10. The lowest BCUT2D eigenvalue weighted by atomic mass is 10.1. The van der Waals surface area contributed by atoms with E-state index in [4.69, 9.17) is 16.9 Å². The summed E-state index contributed by atoms with van der Waals surface area (Å²) in [7, 11) is 0. The van der Waals surface area contributed by atoms with Gasteiger partial charge in [0.1, 0.15) is 0 Å². The van der Waals surface area contributed by atoms with Gasteiger partial charge in [-0.1, -0.05) is 23.7 Å². The van der Waals surface area contributed by atoms with Crippen molar-refractivity contribution in [1.29, 1.82) is 5.26 Å². The second-order valence-corrected chi connectivity index (χ2v) is 4.93. The van der Waals surface area contributed by atoms with Crippen molar-refractivity contribution in [2.75, 3.05) is 5.32 Å². The van der Waals surface area contributed by atoms with E-state index in [0.717, 1.165) is 15.7 Å². The summed E-state index contributed by atoms with van der Waals surface area (Å²) in [5.41, 5.74) is 2.50. The van der Waals surface area contributed by atoms with Crippen molar-refractivity contribution in [3.8, 4) is 6.07 Å². The molecule has 90 valence electrons. The highest BCUT2D eigenvalue weighted by atomic mass is 79.9. The second-order valence-electron chi connectivity index (χ2n) is 3.65. The normalized spacial score (nSPS) is 9.83. The van der Waals surface area contributed by atoms with Crippen LogP contribution >= 0.6 is 27.5 Å². The quantitative estimate of drug-likeness (QED) is 0.870. The summed E-state index contributed by atoms with van der Waals surface area (Å²) in [5, 5.41) is 12.3. The van der Waals surface area contributed by atoms with Crippen molar-refractivity contribution in [3.05, 3.63) is 57.3 Å². The molecule has 0 aliphatic carbocycles. The molecule has 2 aromatic rings. The molecule has 0 amide bonds. The molecule has 0 radical (unpaired) electrons. The molecule has 1 heterocycles. The Morgan fingerprint density at radius 2 is 2.06 bits per heavy atom. The lowest BCUT2D eigenvalue weighted by Gasteiger charge is -2.08. The van der Waals surface area contributed by atoms with Gasteiger partial charge in [-0.25, -0.2) is 4.98 Å². The SMILES string of the molecule is N#Cc1ccc(CNc2cc(Br)cnc2Cl)cc1. The van der Waals surface area contributed by atoms with Gasteiger partial charge < -0.3 is 5.32 Å². The third-order valence-corrected chi connectivity index (χ3v) is 3.11. The number of nitriles is 1. The maximum Gasteiger partial charge on any atom is 0.152 e. The molecule has 0 saturated heterocycles. The number of hydrogen-bond donors (Lipinski definition) is 1. The topological polar surface area (TPSA) is 48.7 Å².